The molecule has 0 heterocycles. The lowest BCUT2D eigenvalue weighted by Crippen LogP contribution is -2.39. The molecule has 0 bridgehead atoms. The summed E-state index contributed by atoms with van der Waals surface area (Å²) in [5.41, 5.74) is 0. The summed E-state index contributed by atoms with van der Waals surface area (Å²) in [6.45, 7) is 2.32. The highest BCUT2D eigenvalue weighted by Crippen LogP contribution is 2.50. The molecule has 0 aromatic carbocycles. The summed E-state index contributed by atoms with van der Waals surface area (Å²) < 4.78 is 0. The molecule has 21 heavy (non-hydrogen) atoms. The van der Waals surface area contributed by atoms with Crippen molar-refractivity contribution >= 4 is 0 Å². The van der Waals surface area contributed by atoms with Crippen LogP contribution in [0, 0.1) is 29.6 Å². The van der Waals surface area contributed by atoms with E-state index >= 15 is 0 Å². The smallest absolute Gasteiger partial charge is 0.0543 e. The Bertz CT molecular complexity index is 305. The lowest BCUT2D eigenvalue weighted by Gasteiger charge is -2.47. The third-order valence-electron chi connectivity index (χ3n) is 7.14. The zero-order valence-corrected chi connectivity index (χ0v) is 14.1. The molecule has 3 saturated carbocycles. The molecular weight excluding hydrogens is 256 g/mol. The molecule has 1 heteroatoms. The number of fused-ring (bicyclic) bond motifs is 1. The Hall–Kier alpha value is -0.0400. The molecule has 1 nitrogen and oxygen atoms in total. The quantitative estimate of drug-likeness (QED) is 0.719. The average molecular weight is 293 g/mol. The van der Waals surface area contributed by atoms with Crippen LogP contribution >= 0.6 is 0 Å². The number of aliphatic hydroxyl groups excluding tert-OH is 1. The molecule has 0 spiro atoms. The topological polar surface area (TPSA) is 20.2 Å². The van der Waals surface area contributed by atoms with Gasteiger partial charge in [-0.1, -0.05) is 51.9 Å². The summed E-state index contributed by atoms with van der Waals surface area (Å²) in [7, 11) is 0. The lowest BCUT2D eigenvalue weighted by molar-refractivity contribution is -0.00582. The fraction of sp³-hybridized carbons (Fsp3) is 1.00. The van der Waals surface area contributed by atoms with Gasteiger partial charge in [-0.2, -0.15) is 0 Å². The highest BCUT2D eigenvalue weighted by Gasteiger charge is 2.41. The van der Waals surface area contributed by atoms with E-state index in [9.17, 15) is 5.11 Å². The van der Waals surface area contributed by atoms with E-state index in [0.717, 1.165) is 42.4 Å². The van der Waals surface area contributed by atoms with Crippen LogP contribution in [0.1, 0.15) is 90.4 Å². The number of hydrogen-bond acceptors (Lipinski definition) is 1. The zero-order valence-electron chi connectivity index (χ0n) is 14.1. The maximum Gasteiger partial charge on any atom is 0.0543 e. The van der Waals surface area contributed by atoms with Crippen LogP contribution in [0.4, 0.5) is 0 Å². The van der Waals surface area contributed by atoms with Gasteiger partial charge in [0.1, 0.15) is 0 Å². The van der Waals surface area contributed by atoms with Crippen molar-refractivity contribution in [3.8, 4) is 0 Å². The number of hydrogen-bond donors (Lipinski definition) is 1. The Kier molecular flexibility index (Phi) is 5.65. The van der Waals surface area contributed by atoms with Gasteiger partial charge in [0, 0.05) is 0 Å². The molecule has 0 aliphatic heterocycles. The summed E-state index contributed by atoms with van der Waals surface area (Å²) in [6.07, 6.45) is 18.3. The molecule has 3 rings (SSSR count). The van der Waals surface area contributed by atoms with E-state index in [1.165, 1.54) is 70.6 Å². The fourth-order valence-electron chi connectivity index (χ4n) is 5.97. The van der Waals surface area contributed by atoms with Crippen molar-refractivity contribution in [1.82, 2.24) is 0 Å². The second-order valence-electron chi connectivity index (χ2n) is 8.41. The molecule has 3 fully saturated rings. The van der Waals surface area contributed by atoms with E-state index in [0.29, 0.717) is 0 Å². The standard InChI is InChI=1S/C20H36O/c1-2-3-5-15-8-10-16(11-9-15)19-7-4-6-17-14-18(21)12-13-20(17)19/h15-21H,2-14H2,1H3. The molecule has 0 aromatic heterocycles. The van der Waals surface area contributed by atoms with Gasteiger partial charge in [-0.25, -0.2) is 0 Å². The van der Waals surface area contributed by atoms with E-state index in [-0.39, 0.29) is 6.10 Å². The average Bonchev–Trinajstić information content (AvgIpc) is 2.52. The SMILES string of the molecule is CCCCC1CCC(C2CCCC3CC(O)CCC32)CC1. The first-order valence-electron chi connectivity index (χ1n) is 9.96. The zero-order chi connectivity index (χ0) is 14.7. The molecule has 0 aromatic rings. The van der Waals surface area contributed by atoms with Gasteiger partial charge in [-0.05, 0) is 68.1 Å². The first-order chi connectivity index (χ1) is 10.3. The largest absolute Gasteiger partial charge is 0.393 e. The Morgan fingerprint density at radius 3 is 2.33 bits per heavy atom. The minimum absolute atomic E-state index is 0.0229. The van der Waals surface area contributed by atoms with Gasteiger partial charge < -0.3 is 5.11 Å². The first-order valence-corrected chi connectivity index (χ1v) is 9.96. The van der Waals surface area contributed by atoms with Crippen LogP contribution in [-0.2, 0) is 0 Å². The van der Waals surface area contributed by atoms with Crippen molar-refractivity contribution in [3.05, 3.63) is 0 Å². The van der Waals surface area contributed by atoms with Crippen LogP contribution in [-0.4, -0.2) is 11.2 Å². The molecule has 1 N–H and O–H groups in total. The molecular formula is C20H36O. The van der Waals surface area contributed by atoms with Crippen LogP contribution in [0.25, 0.3) is 0 Å². The number of aliphatic hydroxyl groups is 1. The van der Waals surface area contributed by atoms with Crippen LogP contribution < -0.4 is 0 Å². The van der Waals surface area contributed by atoms with Gasteiger partial charge in [0.05, 0.1) is 6.10 Å². The minimum atomic E-state index is 0.0229. The minimum Gasteiger partial charge on any atom is -0.393 e. The molecule has 0 radical (unpaired) electrons. The second kappa shape index (κ2) is 7.49. The van der Waals surface area contributed by atoms with Gasteiger partial charge in [-0.3, -0.25) is 0 Å². The molecule has 0 amide bonds. The fourth-order valence-corrected chi connectivity index (χ4v) is 5.97. The maximum atomic E-state index is 9.96. The van der Waals surface area contributed by atoms with Gasteiger partial charge in [-0.15, -0.1) is 0 Å². The van der Waals surface area contributed by atoms with Crippen molar-refractivity contribution in [2.24, 2.45) is 29.6 Å². The molecule has 4 atom stereocenters. The highest BCUT2D eigenvalue weighted by atomic mass is 16.3. The van der Waals surface area contributed by atoms with Crippen molar-refractivity contribution in [2.75, 3.05) is 0 Å². The molecule has 122 valence electrons. The molecule has 3 aliphatic carbocycles. The number of unbranched alkanes of at least 4 members (excludes halogenated alkanes) is 1. The summed E-state index contributed by atoms with van der Waals surface area (Å²) >= 11 is 0. The predicted octanol–water partition coefficient (Wildman–Crippen LogP) is 5.56. The van der Waals surface area contributed by atoms with Crippen LogP contribution in [0.2, 0.25) is 0 Å². The Balaban J connectivity index is 1.52. The number of rotatable bonds is 4. The Morgan fingerprint density at radius 2 is 1.57 bits per heavy atom. The van der Waals surface area contributed by atoms with E-state index in [2.05, 4.69) is 6.92 Å². The van der Waals surface area contributed by atoms with Crippen LogP contribution in [0.15, 0.2) is 0 Å². The first kappa shape index (κ1) is 15.8. The third kappa shape index (κ3) is 3.84. The predicted molar refractivity (Wildman–Crippen MR) is 89.2 cm³/mol. The van der Waals surface area contributed by atoms with Crippen LogP contribution in [0.5, 0.6) is 0 Å². The van der Waals surface area contributed by atoms with Crippen molar-refractivity contribution < 1.29 is 5.11 Å². The third-order valence-corrected chi connectivity index (χ3v) is 7.14. The molecule has 3 aliphatic rings. The van der Waals surface area contributed by atoms with Gasteiger partial charge in [0.15, 0.2) is 0 Å². The monoisotopic (exact) mass is 292 g/mol. The van der Waals surface area contributed by atoms with E-state index in [1.54, 1.807) is 0 Å². The summed E-state index contributed by atoms with van der Waals surface area (Å²) in [6, 6.07) is 0. The van der Waals surface area contributed by atoms with Gasteiger partial charge in [0.25, 0.3) is 0 Å². The normalized spacial score (nSPS) is 44.3. The van der Waals surface area contributed by atoms with E-state index < -0.39 is 0 Å². The van der Waals surface area contributed by atoms with Crippen LogP contribution in [0.3, 0.4) is 0 Å². The summed E-state index contributed by atoms with van der Waals surface area (Å²) in [5, 5.41) is 9.96. The summed E-state index contributed by atoms with van der Waals surface area (Å²) in [5.74, 6) is 4.94. The Labute approximate surface area is 131 Å². The van der Waals surface area contributed by atoms with Crippen molar-refractivity contribution in [2.45, 2.75) is 96.5 Å². The van der Waals surface area contributed by atoms with Crippen molar-refractivity contribution in [1.29, 1.82) is 0 Å². The highest BCUT2D eigenvalue weighted by molar-refractivity contribution is 4.91. The lowest BCUT2D eigenvalue weighted by atomic mass is 9.59. The summed E-state index contributed by atoms with van der Waals surface area (Å²) in [4.78, 5) is 0. The van der Waals surface area contributed by atoms with Crippen molar-refractivity contribution in [3.63, 3.8) is 0 Å². The molecule has 4 unspecified atom stereocenters. The van der Waals surface area contributed by atoms with E-state index in [1.807, 2.05) is 0 Å². The van der Waals surface area contributed by atoms with Gasteiger partial charge in [0.2, 0.25) is 0 Å². The Morgan fingerprint density at radius 1 is 0.810 bits per heavy atom. The van der Waals surface area contributed by atoms with Gasteiger partial charge >= 0.3 is 0 Å². The second-order valence-corrected chi connectivity index (χ2v) is 8.41. The molecule has 0 saturated heterocycles. The van der Waals surface area contributed by atoms with E-state index in [4.69, 9.17) is 0 Å². The maximum absolute atomic E-state index is 9.96.